The third-order valence-corrected chi connectivity index (χ3v) is 6.33. The number of aromatic nitrogens is 1. The second-order valence-electron chi connectivity index (χ2n) is 7.21. The first kappa shape index (κ1) is 22.5. The molecule has 7 nitrogen and oxygen atoms in total. The van der Waals surface area contributed by atoms with Gasteiger partial charge in [-0.3, -0.25) is 9.36 Å². The van der Waals surface area contributed by atoms with E-state index in [9.17, 15) is 14.0 Å². The number of hydrogen-bond acceptors (Lipinski definition) is 7. The van der Waals surface area contributed by atoms with Gasteiger partial charge >= 0.3 is 5.97 Å². The summed E-state index contributed by atoms with van der Waals surface area (Å²) in [4.78, 5) is 31.1. The van der Waals surface area contributed by atoms with Crippen LogP contribution in [0.2, 0.25) is 0 Å². The monoisotopic (exact) mass is 468 g/mol. The van der Waals surface area contributed by atoms with Gasteiger partial charge in [-0.15, -0.1) is 0 Å². The Hall–Kier alpha value is -3.72. The first-order valence-corrected chi connectivity index (χ1v) is 10.8. The summed E-state index contributed by atoms with van der Waals surface area (Å²) >= 11 is 1.13. The molecule has 2 heterocycles. The second kappa shape index (κ2) is 9.03. The van der Waals surface area contributed by atoms with E-state index in [0.717, 1.165) is 11.3 Å². The highest BCUT2D eigenvalue weighted by Gasteiger charge is 2.33. The molecule has 2 aromatic carbocycles. The largest absolute Gasteiger partial charge is 0.493 e. The highest BCUT2D eigenvalue weighted by Crippen LogP contribution is 2.35. The Morgan fingerprint density at radius 3 is 2.52 bits per heavy atom. The molecule has 1 aliphatic rings. The van der Waals surface area contributed by atoms with Crippen LogP contribution in [-0.2, 0) is 9.53 Å². The maximum Gasteiger partial charge on any atom is 0.338 e. The Morgan fingerprint density at radius 1 is 1.12 bits per heavy atom. The molecule has 1 unspecified atom stereocenters. The van der Waals surface area contributed by atoms with Crippen molar-refractivity contribution >= 4 is 23.4 Å². The number of carbonyl (C=O) groups excluding carboxylic acids is 1. The number of thiazole rings is 1. The average molecular weight is 469 g/mol. The lowest BCUT2D eigenvalue weighted by Gasteiger charge is -2.25. The smallest absolute Gasteiger partial charge is 0.338 e. The number of carbonyl (C=O) groups is 1. The minimum Gasteiger partial charge on any atom is -0.493 e. The lowest BCUT2D eigenvalue weighted by molar-refractivity contribution is -0.136. The zero-order chi connectivity index (χ0) is 23.7. The maximum absolute atomic E-state index is 14.2. The van der Waals surface area contributed by atoms with E-state index >= 15 is 0 Å². The van der Waals surface area contributed by atoms with Gasteiger partial charge < -0.3 is 14.2 Å². The predicted octanol–water partition coefficient (Wildman–Crippen LogP) is 2.56. The topological polar surface area (TPSA) is 79.1 Å². The van der Waals surface area contributed by atoms with Gasteiger partial charge in [0.25, 0.3) is 5.56 Å². The molecule has 3 aromatic rings. The molecule has 0 amide bonds. The minimum atomic E-state index is -0.809. The van der Waals surface area contributed by atoms with E-state index in [0.29, 0.717) is 32.1 Å². The van der Waals surface area contributed by atoms with E-state index in [2.05, 4.69) is 4.99 Å². The maximum atomic E-state index is 14.2. The summed E-state index contributed by atoms with van der Waals surface area (Å²) in [7, 11) is 4.30. The van der Waals surface area contributed by atoms with Crippen molar-refractivity contribution in [2.24, 2.45) is 4.99 Å². The third kappa shape index (κ3) is 3.95. The molecular weight excluding hydrogens is 447 g/mol. The Morgan fingerprint density at radius 2 is 1.85 bits per heavy atom. The number of methoxy groups -OCH3 is 3. The highest BCUT2D eigenvalue weighted by molar-refractivity contribution is 7.07. The number of fused-ring (bicyclic) bond motifs is 1. The van der Waals surface area contributed by atoms with Crippen LogP contribution in [0.3, 0.4) is 0 Å². The van der Waals surface area contributed by atoms with Gasteiger partial charge in [-0.05, 0) is 36.8 Å². The Labute approximate surface area is 192 Å². The van der Waals surface area contributed by atoms with Crippen LogP contribution in [0.15, 0.2) is 63.5 Å². The minimum absolute atomic E-state index is 0.231. The first-order chi connectivity index (χ1) is 15.9. The third-order valence-electron chi connectivity index (χ3n) is 5.34. The van der Waals surface area contributed by atoms with Crippen molar-refractivity contribution in [3.8, 4) is 11.5 Å². The molecule has 0 saturated heterocycles. The van der Waals surface area contributed by atoms with E-state index in [-0.39, 0.29) is 11.1 Å². The quantitative estimate of drug-likeness (QED) is 0.538. The normalized spacial score (nSPS) is 15.7. The molecule has 0 saturated carbocycles. The van der Waals surface area contributed by atoms with E-state index < -0.39 is 23.4 Å². The average Bonchev–Trinajstić information content (AvgIpc) is 3.13. The van der Waals surface area contributed by atoms with Gasteiger partial charge in [0.1, 0.15) is 5.82 Å². The van der Waals surface area contributed by atoms with Gasteiger partial charge in [0.15, 0.2) is 16.3 Å². The van der Waals surface area contributed by atoms with Crippen molar-refractivity contribution in [2.75, 3.05) is 21.3 Å². The number of esters is 1. The molecule has 33 heavy (non-hydrogen) atoms. The molecule has 0 radical (unpaired) electrons. The number of benzene rings is 2. The molecule has 0 aliphatic carbocycles. The second-order valence-corrected chi connectivity index (χ2v) is 8.22. The molecule has 1 atom stereocenters. The van der Waals surface area contributed by atoms with Crippen LogP contribution in [0.4, 0.5) is 4.39 Å². The number of nitrogens with zero attached hydrogens (tertiary/aromatic N) is 2. The van der Waals surface area contributed by atoms with Gasteiger partial charge in [0.05, 0.1) is 43.2 Å². The number of rotatable bonds is 5. The summed E-state index contributed by atoms with van der Waals surface area (Å²) in [5.41, 5.74) is 1.17. The van der Waals surface area contributed by atoms with Crippen molar-refractivity contribution in [1.82, 2.24) is 4.57 Å². The van der Waals surface area contributed by atoms with Crippen LogP contribution in [0, 0.1) is 5.82 Å². The molecule has 9 heteroatoms. The van der Waals surface area contributed by atoms with E-state index in [4.69, 9.17) is 14.2 Å². The SMILES string of the molecule is COC(=O)C1=C(C)N=c2sc(=Cc3ccccc3F)c(=O)n2C1c1ccc(OC)c(OC)c1. The Kier molecular flexibility index (Phi) is 6.15. The first-order valence-electron chi connectivity index (χ1n) is 9.97. The van der Waals surface area contributed by atoms with Crippen LogP contribution >= 0.6 is 11.3 Å². The van der Waals surface area contributed by atoms with Crippen molar-refractivity contribution in [3.63, 3.8) is 0 Å². The zero-order valence-corrected chi connectivity index (χ0v) is 19.2. The molecular formula is C24H21FN2O5S. The number of allylic oxidation sites excluding steroid dienone is 1. The van der Waals surface area contributed by atoms with Crippen LogP contribution in [0.25, 0.3) is 6.08 Å². The fourth-order valence-corrected chi connectivity index (χ4v) is 4.80. The summed E-state index contributed by atoms with van der Waals surface area (Å²) in [6.07, 6.45) is 1.49. The van der Waals surface area contributed by atoms with E-state index in [1.165, 1.54) is 38.0 Å². The van der Waals surface area contributed by atoms with Gasteiger partial charge in [0.2, 0.25) is 0 Å². The number of halogens is 1. The number of hydrogen-bond donors (Lipinski definition) is 0. The van der Waals surface area contributed by atoms with Crippen molar-refractivity contribution in [2.45, 2.75) is 13.0 Å². The Bertz CT molecular complexity index is 1450. The fraction of sp³-hybridized carbons (Fsp3) is 0.208. The van der Waals surface area contributed by atoms with Gasteiger partial charge in [-0.1, -0.05) is 35.6 Å². The van der Waals surface area contributed by atoms with Crippen LogP contribution in [0.1, 0.15) is 24.1 Å². The van der Waals surface area contributed by atoms with Crippen LogP contribution in [-0.4, -0.2) is 31.9 Å². The molecule has 170 valence electrons. The molecule has 0 spiro atoms. The van der Waals surface area contributed by atoms with Gasteiger partial charge in [-0.25, -0.2) is 14.2 Å². The van der Waals surface area contributed by atoms with Crippen molar-refractivity contribution < 1.29 is 23.4 Å². The Balaban J connectivity index is 2.00. The molecule has 0 N–H and O–H groups in total. The molecule has 0 fully saturated rings. The molecule has 4 rings (SSSR count). The number of ether oxygens (including phenoxy) is 3. The molecule has 1 aromatic heterocycles. The molecule has 0 bridgehead atoms. The van der Waals surface area contributed by atoms with Gasteiger partial charge in [-0.2, -0.15) is 0 Å². The summed E-state index contributed by atoms with van der Waals surface area (Å²) < 4.78 is 31.7. The van der Waals surface area contributed by atoms with Crippen molar-refractivity contribution in [3.05, 3.63) is 90.4 Å². The summed E-state index contributed by atoms with van der Waals surface area (Å²) in [6, 6.07) is 10.5. The predicted molar refractivity (Wildman–Crippen MR) is 122 cm³/mol. The standard InChI is InChI=1S/C24H21FN2O5S/c1-13-20(23(29)32-4)21(15-9-10-17(30-2)18(11-15)31-3)27-22(28)19(33-24(27)26-13)12-14-7-5-6-8-16(14)25/h5-12,21H,1-4H3. The summed E-state index contributed by atoms with van der Waals surface area (Å²) in [5.74, 6) is -0.0819. The fourth-order valence-electron chi connectivity index (χ4n) is 3.76. The van der Waals surface area contributed by atoms with Gasteiger partial charge in [0, 0.05) is 5.56 Å². The highest BCUT2D eigenvalue weighted by atomic mass is 32.1. The van der Waals surface area contributed by atoms with Crippen molar-refractivity contribution in [1.29, 1.82) is 0 Å². The summed E-state index contributed by atoms with van der Waals surface area (Å²) in [5, 5.41) is 0. The lowest BCUT2D eigenvalue weighted by Crippen LogP contribution is -2.39. The zero-order valence-electron chi connectivity index (χ0n) is 18.4. The van der Waals surface area contributed by atoms with Crippen LogP contribution < -0.4 is 24.4 Å². The van der Waals surface area contributed by atoms with E-state index in [1.807, 2.05) is 0 Å². The lowest BCUT2D eigenvalue weighted by atomic mass is 9.95. The molecule has 1 aliphatic heterocycles. The van der Waals surface area contributed by atoms with Crippen LogP contribution in [0.5, 0.6) is 11.5 Å². The van der Waals surface area contributed by atoms with E-state index in [1.54, 1.807) is 43.3 Å². The summed E-state index contributed by atoms with van der Waals surface area (Å²) in [6.45, 7) is 1.69.